The topological polar surface area (TPSA) is 55.1 Å². The van der Waals surface area contributed by atoms with Crippen molar-refractivity contribution in [2.45, 2.75) is 13.5 Å². The Balaban J connectivity index is 1.68. The molecule has 26 heavy (non-hydrogen) atoms. The van der Waals surface area contributed by atoms with E-state index < -0.39 is 0 Å². The number of aryl methyl sites for hydroxylation is 1. The highest BCUT2D eigenvalue weighted by molar-refractivity contribution is 5.98. The maximum Gasteiger partial charge on any atom is 0.287 e. The molecule has 0 aliphatic heterocycles. The summed E-state index contributed by atoms with van der Waals surface area (Å²) in [6.45, 7) is 2.49. The Labute approximate surface area is 151 Å². The van der Waals surface area contributed by atoms with E-state index in [0.29, 0.717) is 12.3 Å². The third kappa shape index (κ3) is 3.09. The van der Waals surface area contributed by atoms with Crippen LogP contribution in [0.15, 0.2) is 77.7 Å². The maximum absolute atomic E-state index is 12.1. The number of aromatic nitrogens is 1. The van der Waals surface area contributed by atoms with Crippen LogP contribution in [0.25, 0.3) is 21.9 Å². The number of rotatable bonds is 4. The lowest BCUT2D eigenvalue weighted by molar-refractivity contribution is 0.0923. The van der Waals surface area contributed by atoms with E-state index in [9.17, 15) is 4.79 Å². The number of amides is 1. The van der Waals surface area contributed by atoms with Crippen molar-refractivity contribution in [2.75, 3.05) is 0 Å². The largest absolute Gasteiger partial charge is 0.459 e. The van der Waals surface area contributed by atoms with Crippen molar-refractivity contribution in [3.05, 3.63) is 90.1 Å². The third-order valence-corrected chi connectivity index (χ3v) is 4.46. The fraction of sp³-hybridized carbons (Fsp3) is 0.0909. The molecule has 4 nitrogen and oxygen atoms in total. The van der Waals surface area contributed by atoms with E-state index in [1.54, 1.807) is 18.3 Å². The molecular formula is C22H18N2O2. The van der Waals surface area contributed by atoms with Crippen LogP contribution in [0.5, 0.6) is 0 Å². The zero-order chi connectivity index (χ0) is 17.9. The molecule has 2 aromatic heterocycles. The number of carbonyl (C=O) groups is 1. The highest BCUT2D eigenvalue weighted by atomic mass is 16.3. The van der Waals surface area contributed by atoms with Crippen molar-refractivity contribution in [2.24, 2.45) is 0 Å². The second kappa shape index (κ2) is 6.84. The number of benzene rings is 2. The van der Waals surface area contributed by atoms with Gasteiger partial charge in [0.15, 0.2) is 5.76 Å². The van der Waals surface area contributed by atoms with Gasteiger partial charge in [0, 0.05) is 24.3 Å². The minimum Gasteiger partial charge on any atom is -0.459 e. The zero-order valence-corrected chi connectivity index (χ0v) is 14.4. The smallest absolute Gasteiger partial charge is 0.287 e. The summed E-state index contributed by atoms with van der Waals surface area (Å²) in [5, 5.41) is 5.05. The van der Waals surface area contributed by atoms with Gasteiger partial charge < -0.3 is 9.73 Å². The number of hydrogen-bond acceptors (Lipinski definition) is 3. The number of furan rings is 1. The Morgan fingerprint density at radius 2 is 1.88 bits per heavy atom. The summed E-state index contributed by atoms with van der Waals surface area (Å²) in [4.78, 5) is 16.4. The van der Waals surface area contributed by atoms with Crippen molar-refractivity contribution in [1.29, 1.82) is 0 Å². The first-order valence-corrected chi connectivity index (χ1v) is 8.47. The van der Waals surface area contributed by atoms with Crippen LogP contribution in [0.2, 0.25) is 0 Å². The van der Waals surface area contributed by atoms with E-state index in [-0.39, 0.29) is 5.91 Å². The third-order valence-electron chi connectivity index (χ3n) is 4.46. The molecule has 128 valence electrons. The summed E-state index contributed by atoms with van der Waals surface area (Å²) in [5.74, 6) is 0.0818. The van der Waals surface area contributed by atoms with E-state index in [1.165, 1.54) is 11.8 Å². The lowest BCUT2D eigenvalue weighted by Gasteiger charge is -2.12. The quantitative estimate of drug-likeness (QED) is 0.583. The van der Waals surface area contributed by atoms with Gasteiger partial charge in [0.05, 0.1) is 6.26 Å². The van der Waals surface area contributed by atoms with Gasteiger partial charge in [-0.25, -0.2) is 0 Å². The van der Waals surface area contributed by atoms with Crippen LogP contribution in [0.4, 0.5) is 0 Å². The molecule has 1 amide bonds. The Morgan fingerprint density at radius 1 is 1.04 bits per heavy atom. The molecule has 2 aromatic carbocycles. The van der Waals surface area contributed by atoms with Gasteiger partial charge in [-0.05, 0) is 47.2 Å². The van der Waals surface area contributed by atoms with Gasteiger partial charge in [0.2, 0.25) is 0 Å². The van der Waals surface area contributed by atoms with Crippen LogP contribution in [0.3, 0.4) is 0 Å². The normalized spacial score (nSPS) is 10.8. The Kier molecular flexibility index (Phi) is 4.23. The van der Waals surface area contributed by atoms with Crippen LogP contribution in [-0.4, -0.2) is 10.9 Å². The fourth-order valence-electron chi connectivity index (χ4n) is 3.06. The minimum atomic E-state index is -0.227. The maximum atomic E-state index is 12.1. The van der Waals surface area contributed by atoms with Crippen LogP contribution in [-0.2, 0) is 6.54 Å². The van der Waals surface area contributed by atoms with E-state index in [0.717, 1.165) is 27.5 Å². The number of pyridine rings is 1. The molecule has 0 spiro atoms. The first-order chi connectivity index (χ1) is 12.7. The first kappa shape index (κ1) is 16.1. The summed E-state index contributed by atoms with van der Waals surface area (Å²) in [7, 11) is 0. The number of nitrogens with one attached hydrogen (secondary N) is 1. The first-order valence-electron chi connectivity index (χ1n) is 8.47. The van der Waals surface area contributed by atoms with Crippen LogP contribution in [0, 0.1) is 6.92 Å². The van der Waals surface area contributed by atoms with E-state index in [2.05, 4.69) is 47.6 Å². The predicted octanol–water partition coefficient (Wildman–Crippen LogP) is 4.73. The molecule has 4 rings (SSSR count). The van der Waals surface area contributed by atoms with Gasteiger partial charge in [-0.2, -0.15) is 0 Å². The number of carbonyl (C=O) groups excluding carboxylic acids is 1. The van der Waals surface area contributed by atoms with Crippen LogP contribution in [0.1, 0.15) is 21.7 Å². The molecule has 0 aliphatic rings. The van der Waals surface area contributed by atoms with Gasteiger partial charge in [-0.3, -0.25) is 9.78 Å². The van der Waals surface area contributed by atoms with Crippen molar-refractivity contribution in [1.82, 2.24) is 10.3 Å². The Hall–Kier alpha value is -3.40. The summed E-state index contributed by atoms with van der Waals surface area (Å²) in [5.41, 5.74) is 4.57. The second-order valence-electron chi connectivity index (χ2n) is 6.22. The zero-order valence-electron chi connectivity index (χ0n) is 14.4. The highest BCUT2D eigenvalue weighted by Gasteiger charge is 2.11. The summed E-state index contributed by atoms with van der Waals surface area (Å²) < 4.78 is 5.13. The Morgan fingerprint density at radius 3 is 2.65 bits per heavy atom. The van der Waals surface area contributed by atoms with Crippen molar-refractivity contribution >= 4 is 16.7 Å². The van der Waals surface area contributed by atoms with Crippen LogP contribution >= 0.6 is 0 Å². The van der Waals surface area contributed by atoms with Gasteiger partial charge in [-0.15, -0.1) is 0 Å². The summed E-state index contributed by atoms with van der Waals surface area (Å²) >= 11 is 0. The Bertz CT molecular complexity index is 1050. The number of fused-ring (bicyclic) bond motifs is 1. The van der Waals surface area contributed by atoms with Crippen molar-refractivity contribution in [3.63, 3.8) is 0 Å². The molecule has 4 aromatic rings. The number of hydrogen-bond donors (Lipinski definition) is 1. The molecule has 2 heterocycles. The lowest BCUT2D eigenvalue weighted by atomic mass is 9.96. The molecule has 0 bridgehead atoms. The summed E-state index contributed by atoms with van der Waals surface area (Å²) in [6.07, 6.45) is 5.14. The van der Waals surface area contributed by atoms with E-state index in [4.69, 9.17) is 4.42 Å². The monoisotopic (exact) mass is 342 g/mol. The number of nitrogens with zero attached hydrogens (tertiary/aromatic N) is 1. The fourth-order valence-corrected chi connectivity index (χ4v) is 3.06. The molecule has 0 fully saturated rings. The van der Waals surface area contributed by atoms with Gasteiger partial charge in [0.1, 0.15) is 0 Å². The average Bonchev–Trinajstić information content (AvgIpc) is 3.21. The van der Waals surface area contributed by atoms with Gasteiger partial charge in [0.25, 0.3) is 5.91 Å². The van der Waals surface area contributed by atoms with E-state index in [1.807, 2.05) is 18.3 Å². The molecule has 0 saturated heterocycles. The molecule has 4 heteroatoms. The van der Waals surface area contributed by atoms with Gasteiger partial charge >= 0.3 is 0 Å². The average molecular weight is 342 g/mol. The minimum absolute atomic E-state index is 0.227. The molecular weight excluding hydrogens is 324 g/mol. The SMILES string of the molecule is Cc1ccc(-c2ccc(CNC(=O)c3ccco3)c3cnccc23)cc1. The molecule has 0 saturated carbocycles. The van der Waals surface area contributed by atoms with Crippen molar-refractivity contribution in [3.8, 4) is 11.1 Å². The summed E-state index contributed by atoms with van der Waals surface area (Å²) in [6, 6.07) is 18.0. The molecule has 0 unspecified atom stereocenters. The van der Waals surface area contributed by atoms with Gasteiger partial charge in [-0.1, -0.05) is 42.0 Å². The molecule has 0 atom stereocenters. The molecule has 1 N–H and O–H groups in total. The standard InChI is InChI=1S/C22H18N2O2/c1-15-4-6-16(7-5-15)18-9-8-17(20-14-23-11-10-19(18)20)13-24-22(25)21-3-2-12-26-21/h2-12,14H,13H2,1H3,(H,24,25). The van der Waals surface area contributed by atoms with Crippen molar-refractivity contribution < 1.29 is 9.21 Å². The molecule has 0 aliphatic carbocycles. The lowest BCUT2D eigenvalue weighted by Crippen LogP contribution is -2.22. The van der Waals surface area contributed by atoms with E-state index >= 15 is 0 Å². The second-order valence-corrected chi connectivity index (χ2v) is 6.22. The molecule has 0 radical (unpaired) electrons. The van der Waals surface area contributed by atoms with Crippen LogP contribution < -0.4 is 5.32 Å². The highest BCUT2D eigenvalue weighted by Crippen LogP contribution is 2.30. The predicted molar refractivity (Wildman–Crippen MR) is 102 cm³/mol.